The van der Waals surface area contributed by atoms with E-state index in [9.17, 15) is 13.6 Å². The molecule has 0 aliphatic carbocycles. The first-order valence-corrected chi connectivity index (χ1v) is 4.04. The molecule has 82 valence electrons. The van der Waals surface area contributed by atoms with Gasteiger partial charge in [0.25, 0.3) is 6.43 Å². The van der Waals surface area contributed by atoms with Crippen LogP contribution in [-0.2, 0) is 0 Å². The van der Waals surface area contributed by atoms with Gasteiger partial charge in [0, 0.05) is 6.20 Å². The predicted molar refractivity (Wildman–Crippen MR) is 47.4 cm³/mol. The molecule has 6 heteroatoms. The van der Waals surface area contributed by atoms with Crippen molar-refractivity contribution in [2.45, 2.75) is 13.3 Å². The van der Waals surface area contributed by atoms with Gasteiger partial charge in [0.15, 0.2) is 0 Å². The number of aromatic nitrogens is 1. The summed E-state index contributed by atoms with van der Waals surface area (Å²) >= 11 is 0. The summed E-state index contributed by atoms with van der Waals surface area (Å²) in [6.45, 7) is 1.47. The summed E-state index contributed by atoms with van der Waals surface area (Å²) in [5.74, 6) is -1.62. The maximum atomic E-state index is 12.6. The number of halogens is 2. The molecule has 0 aromatic carbocycles. The molecule has 15 heavy (non-hydrogen) atoms. The zero-order valence-corrected chi connectivity index (χ0v) is 8.12. The molecule has 0 saturated heterocycles. The Morgan fingerprint density at radius 1 is 1.60 bits per heavy atom. The quantitative estimate of drug-likeness (QED) is 0.841. The van der Waals surface area contributed by atoms with Crippen molar-refractivity contribution in [3.05, 3.63) is 23.0 Å². The fraction of sp³-hybridized carbons (Fsp3) is 0.333. The van der Waals surface area contributed by atoms with E-state index in [-0.39, 0.29) is 11.4 Å². The van der Waals surface area contributed by atoms with E-state index in [1.165, 1.54) is 14.0 Å². The first kappa shape index (κ1) is 11.4. The van der Waals surface area contributed by atoms with E-state index in [2.05, 4.69) is 4.98 Å². The highest BCUT2D eigenvalue weighted by atomic mass is 19.3. The number of nitrogens with zero attached hydrogens (tertiary/aromatic N) is 1. The number of aryl methyl sites for hydroxylation is 1. The average molecular weight is 217 g/mol. The van der Waals surface area contributed by atoms with E-state index in [1.54, 1.807) is 0 Å². The molecule has 0 atom stereocenters. The number of alkyl halides is 2. The molecule has 0 unspecified atom stereocenters. The van der Waals surface area contributed by atoms with E-state index in [4.69, 9.17) is 9.84 Å². The smallest absolute Gasteiger partial charge is 0.337 e. The minimum Gasteiger partial charge on any atom is -0.494 e. The summed E-state index contributed by atoms with van der Waals surface area (Å²) in [4.78, 5) is 14.4. The van der Waals surface area contributed by atoms with Crippen molar-refractivity contribution in [3.8, 4) is 5.75 Å². The van der Waals surface area contributed by atoms with Gasteiger partial charge in [-0.05, 0) is 6.92 Å². The highest BCUT2D eigenvalue weighted by Crippen LogP contribution is 2.33. The molecule has 1 aromatic rings. The summed E-state index contributed by atoms with van der Waals surface area (Å²) in [7, 11) is 1.20. The van der Waals surface area contributed by atoms with Crippen molar-refractivity contribution in [2.75, 3.05) is 7.11 Å². The molecule has 0 amide bonds. The van der Waals surface area contributed by atoms with Crippen LogP contribution in [0.25, 0.3) is 0 Å². The first-order valence-electron chi connectivity index (χ1n) is 4.04. The molecule has 0 bridgehead atoms. The van der Waals surface area contributed by atoms with Crippen LogP contribution in [0.1, 0.15) is 28.0 Å². The van der Waals surface area contributed by atoms with Gasteiger partial charge < -0.3 is 9.84 Å². The minimum absolute atomic E-state index is 0.176. The van der Waals surface area contributed by atoms with E-state index in [1.807, 2.05) is 0 Å². The summed E-state index contributed by atoms with van der Waals surface area (Å²) < 4.78 is 30.0. The number of pyridine rings is 1. The normalized spacial score (nSPS) is 10.5. The first-order chi connectivity index (χ1) is 6.99. The Kier molecular flexibility index (Phi) is 3.18. The van der Waals surface area contributed by atoms with Crippen molar-refractivity contribution >= 4 is 5.97 Å². The SMILES string of the molecule is COc1c(C)ncc(C(=O)O)c1C(F)F. The summed E-state index contributed by atoms with van der Waals surface area (Å²) in [5, 5.41) is 8.70. The molecule has 1 aromatic heterocycles. The molecular weight excluding hydrogens is 208 g/mol. The number of carboxylic acids is 1. The van der Waals surface area contributed by atoms with Crippen LogP contribution in [0.3, 0.4) is 0 Å². The molecule has 1 N–H and O–H groups in total. The van der Waals surface area contributed by atoms with Crippen molar-refractivity contribution in [2.24, 2.45) is 0 Å². The van der Waals surface area contributed by atoms with Gasteiger partial charge in [-0.15, -0.1) is 0 Å². The van der Waals surface area contributed by atoms with Crippen LogP contribution in [0.5, 0.6) is 5.75 Å². The van der Waals surface area contributed by atoms with Crippen LogP contribution >= 0.6 is 0 Å². The number of carbonyl (C=O) groups is 1. The lowest BCUT2D eigenvalue weighted by atomic mass is 10.1. The van der Waals surface area contributed by atoms with Crippen LogP contribution in [0, 0.1) is 6.92 Å². The molecular formula is C9H9F2NO3. The number of ether oxygens (including phenoxy) is 1. The fourth-order valence-corrected chi connectivity index (χ4v) is 1.25. The monoisotopic (exact) mass is 217 g/mol. The van der Waals surface area contributed by atoms with Crippen molar-refractivity contribution < 1.29 is 23.4 Å². The van der Waals surface area contributed by atoms with Crippen LogP contribution in [0.2, 0.25) is 0 Å². The van der Waals surface area contributed by atoms with Gasteiger partial charge in [-0.25, -0.2) is 13.6 Å². The van der Waals surface area contributed by atoms with Crippen LogP contribution < -0.4 is 4.74 Å². The van der Waals surface area contributed by atoms with E-state index in [0.29, 0.717) is 0 Å². The lowest BCUT2D eigenvalue weighted by molar-refractivity contribution is 0.0682. The fourth-order valence-electron chi connectivity index (χ4n) is 1.25. The van der Waals surface area contributed by atoms with Crippen molar-refractivity contribution in [3.63, 3.8) is 0 Å². The lowest BCUT2D eigenvalue weighted by Crippen LogP contribution is -2.08. The Bertz CT molecular complexity index is 393. The van der Waals surface area contributed by atoms with E-state index >= 15 is 0 Å². The second-order valence-corrected chi connectivity index (χ2v) is 2.81. The Morgan fingerprint density at radius 3 is 2.60 bits per heavy atom. The molecule has 1 heterocycles. The number of carboxylic acid groups (broad SMARTS) is 1. The molecule has 0 radical (unpaired) electrons. The van der Waals surface area contributed by atoms with Gasteiger partial charge in [0.2, 0.25) is 0 Å². The molecule has 0 aliphatic heterocycles. The van der Waals surface area contributed by atoms with Gasteiger partial charge in [-0.3, -0.25) is 4.98 Å². The number of rotatable bonds is 3. The molecule has 0 aliphatic rings. The summed E-state index contributed by atoms with van der Waals surface area (Å²) in [6, 6.07) is 0. The number of methoxy groups -OCH3 is 1. The highest BCUT2D eigenvalue weighted by Gasteiger charge is 2.24. The largest absolute Gasteiger partial charge is 0.494 e. The number of hydrogen-bond donors (Lipinski definition) is 1. The van der Waals surface area contributed by atoms with E-state index in [0.717, 1.165) is 6.20 Å². The average Bonchev–Trinajstić information content (AvgIpc) is 2.16. The topological polar surface area (TPSA) is 59.4 Å². The van der Waals surface area contributed by atoms with E-state index < -0.39 is 23.5 Å². The van der Waals surface area contributed by atoms with Crippen LogP contribution in [0.15, 0.2) is 6.20 Å². The number of hydrogen-bond acceptors (Lipinski definition) is 3. The summed E-state index contributed by atoms with van der Waals surface area (Å²) in [5.41, 5.74) is -0.928. The Labute approximate surface area is 84.5 Å². The van der Waals surface area contributed by atoms with Crippen LogP contribution in [-0.4, -0.2) is 23.2 Å². The Morgan fingerprint density at radius 2 is 2.20 bits per heavy atom. The van der Waals surface area contributed by atoms with Gasteiger partial charge in [0.1, 0.15) is 5.75 Å². The molecule has 0 saturated carbocycles. The van der Waals surface area contributed by atoms with Crippen LogP contribution in [0.4, 0.5) is 8.78 Å². The highest BCUT2D eigenvalue weighted by molar-refractivity contribution is 5.90. The maximum absolute atomic E-state index is 12.6. The third-order valence-electron chi connectivity index (χ3n) is 1.90. The maximum Gasteiger partial charge on any atom is 0.337 e. The third-order valence-corrected chi connectivity index (χ3v) is 1.90. The summed E-state index contributed by atoms with van der Waals surface area (Å²) in [6.07, 6.45) is -2.01. The molecule has 4 nitrogen and oxygen atoms in total. The van der Waals surface area contributed by atoms with Gasteiger partial charge in [0.05, 0.1) is 23.9 Å². The van der Waals surface area contributed by atoms with Gasteiger partial charge in [-0.1, -0.05) is 0 Å². The van der Waals surface area contributed by atoms with Gasteiger partial charge >= 0.3 is 5.97 Å². The standard InChI is InChI=1S/C9H9F2NO3/c1-4-7(15-2)6(8(10)11)5(3-12-4)9(13)14/h3,8H,1-2H3,(H,13,14). The van der Waals surface area contributed by atoms with Gasteiger partial charge in [-0.2, -0.15) is 0 Å². The second-order valence-electron chi connectivity index (χ2n) is 2.81. The van der Waals surface area contributed by atoms with Crippen molar-refractivity contribution in [1.82, 2.24) is 4.98 Å². The Balaban J connectivity index is 3.49. The zero-order valence-electron chi connectivity index (χ0n) is 8.12. The third kappa shape index (κ3) is 2.03. The lowest BCUT2D eigenvalue weighted by Gasteiger charge is -2.12. The predicted octanol–water partition coefficient (Wildman–Crippen LogP) is 2.03. The number of aromatic carboxylic acids is 1. The molecule has 1 rings (SSSR count). The second kappa shape index (κ2) is 4.20. The zero-order chi connectivity index (χ0) is 11.6. The van der Waals surface area contributed by atoms with Crippen molar-refractivity contribution in [1.29, 1.82) is 0 Å². The Hall–Kier alpha value is -1.72. The molecule has 0 spiro atoms. The minimum atomic E-state index is -2.91. The molecule has 0 fully saturated rings.